The molecule has 7 nitrogen and oxygen atoms in total. The number of hydrogen-bond acceptors (Lipinski definition) is 7. The first-order chi connectivity index (χ1) is 12.0. The van der Waals surface area contributed by atoms with Crippen LogP contribution in [0.3, 0.4) is 0 Å². The molecule has 26 heavy (non-hydrogen) atoms. The minimum Gasteiger partial charge on any atom is -0.275 e. The van der Waals surface area contributed by atoms with Crippen LogP contribution in [0.5, 0.6) is 0 Å². The maximum atomic E-state index is 12.3. The van der Waals surface area contributed by atoms with Crippen LogP contribution < -0.4 is 10.0 Å². The second kappa shape index (κ2) is 9.85. The number of carbonyl (C=O) groups is 1. The van der Waals surface area contributed by atoms with Gasteiger partial charge in [-0.3, -0.25) is 5.32 Å². The van der Waals surface area contributed by atoms with Gasteiger partial charge in [0.05, 0.1) is 5.75 Å². The molecule has 1 aromatic heterocycles. The van der Waals surface area contributed by atoms with Crippen LogP contribution in [0.4, 0.5) is 23.9 Å². The molecule has 148 valence electrons. The summed E-state index contributed by atoms with van der Waals surface area (Å²) in [5.74, 6) is -0.233. The molecule has 0 fully saturated rings. The predicted octanol–water partition coefficient (Wildman–Crippen LogP) is 3.32. The number of urea groups is 1. The molecule has 14 heteroatoms. The Morgan fingerprint density at radius 2 is 1.73 bits per heavy atom. The summed E-state index contributed by atoms with van der Waals surface area (Å²) < 4.78 is 61.7. The summed E-state index contributed by atoms with van der Waals surface area (Å²) in [5, 5.41) is 0.596. The van der Waals surface area contributed by atoms with Crippen LogP contribution in [0, 0.1) is 0 Å². The van der Waals surface area contributed by atoms with Gasteiger partial charge in [-0.1, -0.05) is 13.8 Å². The molecule has 1 atom stereocenters. The molecule has 1 heterocycles. The van der Waals surface area contributed by atoms with Crippen LogP contribution in [-0.2, 0) is 10.0 Å². The van der Waals surface area contributed by atoms with E-state index in [4.69, 9.17) is 11.6 Å². The largest absolute Gasteiger partial charge is 0.406 e. The van der Waals surface area contributed by atoms with Gasteiger partial charge >= 0.3 is 12.2 Å². The first-order valence-corrected chi connectivity index (χ1v) is 11.2. The highest BCUT2D eigenvalue weighted by atomic mass is 35.5. The average molecular weight is 453 g/mol. The Kier molecular flexibility index (Phi) is 8.76. The summed E-state index contributed by atoms with van der Waals surface area (Å²) in [6.07, 6.45) is -4.91. The summed E-state index contributed by atoms with van der Waals surface area (Å²) in [7, 11) is -4.60. The lowest BCUT2D eigenvalue weighted by Crippen LogP contribution is -2.41. The Morgan fingerprint density at radius 3 is 2.15 bits per heavy atom. The van der Waals surface area contributed by atoms with Crippen LogP contribution in [-0.4, -0.2) is 53.2 Å². The van der Waals surface area contributed by atoms with Crippen molar-refractivity contribution in [3.05, 3.63) is 6.07 Å². The molecule has 0 radical (unpaired) electrons. The molecule has 0 aromatic carbocycles. The Balaban J connectivity index is 2.83. The SMILES string of the molecule is CCSc1cc(SCC)nc(NC(=O)NS(=O)(=O)CC(Cl)C(F)(F)F)n1. The third-order valence-electron chi connectivity index (χ3n) is 2.46. The number of thioether (sulfide) groups is 2. The number of amides is 2. The zero-order valence-electron chi connectivity index (χ0n) is 13.6. The van der Waals surface area contributed by atoms with Crippen molar-refractivity contribution in [2.45, 2.75) is 35.5 Å². The van der Waals surface area contributed by atoms with Crippen molar-refractivity contribution in [1.29, 1.82) is 0 Å². The molecule has 2 N–H and O–H groups in total. The van der Waals surface area contributed by atoms with Gasteiger partial charge in [-0.15, -0.1) is 35.1 Å². The summed E-state index contributed by atoms with van der Waals surface area (Å²) in [5.41, 5.74) is 0. The number of hydrogen-bond donors (Lipinski definition) is 2. The highest BCUT2D eigenvalue weighted by Crippen LogP contribution is 2.26. The summed E-state index contributed by atoms with van der Waals surface area (Å²) in [6, 6.07) is 0.436. The van der Waals surface area contributed by atoms with Crippen LogP contribution >= 0.6 is 35.1 Å². The molecular formula is C12H16ClF3N4O3S3. The molecule has 1 rings (SSSR count). The van der Waals surface area contributed by atoms with Crippen molar-refractivity contribution in [2.75, 3.05) is 22.6 Å². The zero-order valence-corrected chi connectivity index (χ0v) is 16.8. The van der Waals surface area contributed by atoms with Gasteiger partial charge in [0.2, 0.25) is 16.0 Å². The van der Waals surface area contributed by atoms with E-state index in [-0.39, 0.29) is 5.95 Å². The van der Waals surface area contributed by atoms with Crippen LogP contribution in [0.2, 0.25) is 0 Å². The van der Waals surface area contributed by atoms with E-state index in [0.717, 1.165) is 0 Å². The zero-order chi connectivity index (χ0) is 20.0. The Hall–Kier alpha value is -0.920. The summed E-state index contributed by atoms with van der Waals surface area (Å²) in [4.78, 5) is 19.9. The molecule has 0 aliphatic carbocycles. The summed E-state index contributed by atoms with van der Waals surface area (Å²) in [6.45, 7) is 3.80. The number of anilines is 1. The molecule has 0 saturated carbocycles. The first-order valence-electron chi connectivity index (χ1n) is 7.13. The molecule has 0 aliphatic rings. The van der Waals surface area contributed by atoms with Crippen molar-refractivity contribution in [2.24, 2.45) is 0 Å². The predicted molar refractivity (Wildman–Crippen MR) is 96.5 cm³/mol. The number of sulfonamides is 1. The van der Waals surface area contributed by atoms with E-state index >= 15 is 0 Å². The molecule has 2 amide bonds. The van der Waals surface area contributed by atoms with Crippen LogP contribution in [0.1, 0.15) is 13.8 Å². The maximum Gasteiger partial charge on any atom is 0.406 e. The van der Waals surface area contributed by atoms with Crippen molar-refractivity contribution in [3.63, 3.8) is 0 Å². The Labute approximate surface area is 162 Å². The van der Waals surface area contributed by atoms with Crippen LogP contribution in [0.15, 0.2) is 16.1 Å². The van der Waals surface area contributed by atoms with E-state index in [1.54, 1.807) is 6.07 Å². The number of nitrogens with one attached hydrogen (secondary N) is 2. The normalized spacial score (nSPS) is 13.3. The Morgan fingerprint density at radius 1 is 1.23 bits per heavy atom. The van der Waals surface area contributed by atoms with Gasteiger partial charge in [0.15, 0.2) is 0 Å². The van der Waals surface area contributed by atoms with Gasteiger partial charge in [-0.25, -0.2) is 27.9 Å². The summed E-state index contributed by atoms with van der Waals surface area (Å²) >= 11 is 7.76. The number of carbonyl (C=O) groups excluding carboxylic acids is 1. The Bertz CT molecular complexity index is 710. The van der Waals surface area contributed by atoms with E-state index in [1.165, 1.54) is 28.2 Å². The third-order valence-corrected chi connectivity index (χ3v) is 5.90. The number of nitrogens with zero attached hydrogens (tertiary/aromatic N) is 2. The number of rotatable bonds is 8. The smallest absolute Gasteiger partial charge is 0.275 e. The van der Waals surface area contributed by atoms with Gasteiger partial charge in [-0.2, -0.15) is 13.2 Å². The standard InChI is InChI=1S/C12H16ClF3N4O3S3/c1-3-24-8-5-9(25-4-2)18-10(17-8)19-11(21)20-26(22,23)6-7(13)12(14,15)16/h5,7H,3-4,6H2,1-2H3,(H2,17,18,19,20,21). The minimum atomic E-state index is -4.91. The number of halogens is 4. The highest BCUT2D eigenvalue weighted by Gasteiger charge is 2.41. The first kappa shape index (κ1) is 23.1. The van der Waals surface area contributed by atoms with Gasteiger partial charge in [0, 0.05) is 6.07 Å². The molecule has 0 spiro atoms. The average Bonchev–Trinajstić information content (AvgIpc) is 2.45. The van der Waals surface area contributed by atoms with Crippen molar-refractivity contribution in [1.82, 2.24) is 14.7 Å². The lowest BCUT2D eigenvalue weighted by molar-refractivity contribution is -0.126. The van der Waals surface area contributed by atoms with Crippen LogP contribution in [0.25, 0.3) is 0 Å². The molecule has 1 aromatic rings. The molecular weight excluding hydrogens is 437 g/mol. The monoisotopic (exact) mass is 452 g/mol. The van der Waals surface area contributed by atoms with E-state index < -0.39 is 33.4 Å². The van der Waals surface area contributed by atoms with Crippen molar-refractivity contribution < 1.29 is 26.4 Å². The highest BCUT2D eigenvalue weighted by molar-refractivity contribution is 8.00. The second-order valence-electron chi connectivity index (χ2n) is 4.58. The molecule has 0 bridgehead atoms. The maximum absolute atomic E-state index is 12.3. The second-order valence-corrected chi connectivity index (χ2v) is 9.44. The van der Waals surface area contributed by atoms with Gasteiger partial charge < -0.3 is 0 Å². The van der Waals surface area contributed by atoms with Crippen molar-refractivity contribution in [3.8, 4) is 0 Å². The fourth-order valence-electron chi connectivity index (χ4n) is 1.50. The lowest BCUT2D eigenvalue weighted by atomic mass is 10.5. The fraction of sp³-hybridized carbons (Fsp3) is 0.583. The van der Waals surface area contributed by atoms with Crippen molar-refractivity contribution >= 4 is 57.1 Å². The van der Waals surface area contributed by atoms with Gasteiger partial charge in [-0.05, 0) is 11.5 Å². The number of alkyl halides is 4. The fourth-order valence-corrected chi connectivity index (χ4v) is 4.35. The number of aromatic nitrogens is 2. The molecule has 0 saturated heterocycles. The topological polar surface area (TPSA) is 101 Å². The van der Waals surface area contributed by atoms with Gasteiger partial charge in [0.1, 0.15) is 15.4 Å². The quantitative estimate of drug-likeness (QED) is 0.354. The lowest BCUT2D eigenvalue weighted by Gasteiger charge is -2.14. The van der Waals surface area contributed by atoms with E-state index in [9.17, 15) is 26.4 Å². The van der Waals surface area contributed by atoms with E-state index in [1.807, 2.05) is 13.8 Å². The van der Waals surface area contributed by atoms with Gasteiger partial charge in [0.25, 0.3) is 0 Å². The van der Waals surface area contributed by atoms with E-state index in [2.05, 4.69) is 15.3 Å². The molecule has 1 unspecified atom stereocenters. The third kappa shape index (κ3) is 8.18. The minimum absolute atomic E-state index is 0.162. The molecule has 0 aliphatic heterocycles. The van der Waals surface area contributed by atoms with E-state index in [0.29, 0.717) is 21.6 Å².